The molecule has 0 aliphatic carbocycles. The third kappa shape index (κ3) is 5.45. The van der Waals surface area contributed by atoms with Gasteiger partial charge in [-0.1, -0.05) is 42.0 Å². The highest BCUT2D eigenvalue weighted by Crippen LogP contribution is 2.32. The number of halogens is 1. The van der Waals surface area contributed by atoms with Crippen LogP contribution in [0, 0.1) is 19.7 Å². The van der Waals surface area contributed by atoms with E-state index in [1.165, 1.54) is 12.1 Å². The molecule has 4 rings (SSSR count). The van der Waals surface area contributed by atoms with E-state index in [9.17, 15) is 14.0 Å². The van der Waals surface area contributed by atoms with Gasteiger partial charge in [0, 0.05) is 13.1 Å². The van der Waals surface area contributed by atoms with Crippen molar-refractivity contribution >= 4 is 11.8 Å². The van der Waals surface area contributed by atoms with Gasteiger partial charge in [-0.2, -0.15) is 0 Å². The third-order valence-corrected chi connectivity index (χ3v) is 6.07. The molecule has 0 bridgehead atoms. The Kier molecular flexibility index (Phi) is 6.82. The van der Waals surface area contributed by atoms with Gasteiger partial charge in [0.25, 0.3) is 5.91 Å². The summed E-state index contributed by atoms with van der Waals surface area (Å²) in [5, 5.41) is 2.86. The fourth-order valence-corrected chi connectivity index (χ4v) is 4.36. The molecule has 0 spiro atoms. The Morgan fingerprint density at radius 1 is 1.06 bits per heavy atom. The van der Waals surface area contributed by atoms with Crippen molar-refractivity contribution in [3.63, 3.8) is 0 Å². The lowest BCUT2D eigenvalue weighted by atomic mass is 10.1. The van der Waals surface area contributed by atoms with Crippen LogP contribution in [-0.2, 0) is 17.8 Å². The van der Waals surface area contributed by atoms with E-state index >= 15 is 0 Å². The predicted molar refractivity (Wildman–Crippen MR) is 125 cm³/mol. The number of aryl methyl sites for hydroxylation is 2. The molecule has 3 aromatic rings. The maximum Gasteiger partial charge on any atom is 0.253 e. The average molecular weight is 446 g/mol. The van der Waals surface area contributed by atoms with Crippen molar-refractivity contribution in [3.8, 4) is 0 Å². The van der Waals surface area contributed by atoms with Gasteiger partial charge in [-0.05, 0) is 62.1 Å². The Labute approximate surface area is 193 Å². The fourth-order valence-electron chi connectivity index (χ4n) is 4.36. The number of aromatic nitrogens is 1. The van der Waals surface area contributed by atoms with Gasteiger partial charge in [0.15, 0.2) is 0 Å². The number of hydrogen-bond acceptors (Lipinski definition) is 3. The highest BCUT2D eigenvalue weighted by molar-refractivity contribution is 5.95. The molecule has 1 N–H and O–H groups in total. The van der Waals surface area contributed by atoms with Gasteiger partial charge in [0.05, 0.1) is 29.4 Å². The molecule has 2 heterocycles. The summed E-state index contributed by atoms with van der Waals surface area (Å²) in [5.74, 6) is -0.433. The fraction of sp³-hybridized carbons (Fsp3) is 0.296. The lowest BCUT2D eigenvalue weighted by molar-refractivity contribution is -0.131. The van der Waals surface area contributed by atoms with Crippen molar-refractivity contribution in [1.29, 1.82) is 0 Å². The Hall–Kier alpha value is -3.54. The van der Waals surface area contributed by atoms with E-state index in [0.29, 0.717) is 24.2 Å². The minimum atomic E-state index is -0.306. The first kappa shape index (κ1) is 22.6. The summed E-state index contributed by atoms with van der Waals surface area (Å²) in [5.41, 5.74) is 4.92. The topological polar surface area (TPSA) is 62.3 Å². The predicted octanol–water partition coefficient (Wildman–Crippen LogP) is 4.67. The molecule has 2 aromatic carbocycles. The van der Waals surface area contributed by atoms with Crippen LogP contribution in [0.5, 0.6) is 0 Å². The Bertz CT molecular complexity index is 1160. The Morgan fingerprint density at radius 2 is 1.85 bits per heavy atom. The number of amides is 2. The van der Waals surface area contributed by atoms with Crippen LogP contribution >= 0.6 is 0 Å². The van der Waals surface area contributed by atoms with Crippen molar-refractivity contribution in [3.05, 3.63) is 100 Å². The molecule has 1 aromatic heterocycles. The smallest absolute Gasteiger partial charge is 0.253 e. The minimum absolute atomic E-state index is 0.0719. The molecule has 1 fully saturated rings. The number of pyridine rings is 1. The lowest BCUT2D eigenvalue weighted by Crippen LogP contribution is -2.32. The molecule has 33 heavy (non-hydrogen) atoms. The Morgan fingerprint density at radius 3 is 2.58 bits per heavy atom. The zero-order chi connectivity index (χ0) is 23.4. The zero-order valence-electron chi connectivity index (χ0n) is 19.0. The van der Waals surface area contributed by atoms with Gasteiger partial charge in [-0.15, -0.1) is 0 Å². The summed E-state index contributed by atoms with van der Waals surface area (Å²) in [6.07, 6.45) is 2.17. The van der Waals surface area contributed by atoms with Crippen LogP contribution in [0.3, 0.4) is 0 Å². The largest absolute Gasteiger partial charge is 0.348 e. The van der Waals surface area contributed by atoms with E-state index in [4.69, 9.17) is 4.98 Å². The van der Waals surface area contributed by atoms with Gasteiger partial charge >= 0.3 is 0 Å². The molecule has 2 amide bonds. The number of nitrogens with one attached hydrogen (secondary N) is 1. The Balaban J connectivity index is 1.43. The number of rotatable bonds is 6. The molecule has 0 saturated carbocycles. The summed E-state index contributed by atoms with van der Waals surface area (Å²) < 4.78 is 13.1. The first-order valence-corrected chi connectivity index (χ1v) is 11.3. The standard InChI is InChI=1S/C27H28FN3O2/c1-18-5-3-6-21(15-18)16-26(32)31-14-4-7-25(31)24-13-12-23(19(2)30-24)27(33)29-17-20-8-10-22(28)11-9-20/h3,5-6,8-13,15,25H,4,7,14,16-17H2,1-2H3,(H,29,33)/t25-/m0/s1. The molecular weight excluding hydrogens is 417 g/mol. The summed E-state index contributed by atoms with van der Waals surface area (Å²) in [7, 11) is 0. The number of benzene rings is 2. The van der Waals surface area contributed by atoms with E-state index in [1.54, 1.807) is 18.2 Å². The molecule has 0 radical (unpaired) electrons. The van der Waals surface area contributed by atoms with E-state index < -0.39 is 0 Å². The molecule has 6 heteroatoms. The molecule has 170 valence electrons. The van der Waals surface area contributed by atoms with Crippen LogP contribution in [-0.4, -0.2) is 28.2 Å². The van der Waals surface area contributed by atoms with Gasteiger partial charge in [-0.25, -0.2) is 4.39 Å². The number of carbonyl (C=O) groups excluding carboxylic acids is 2. The van der Waals surface area contributed by atoms with Gasteiger partial charge in [0.1, 0.15) is 5.82 Å². The summed E-state index contributed by atoms with van der Waals surface area (Å²) >= 11 is 0. The van der Waals surface area contributed by atoms with E-state index in [1.807, 2.05) is 49.1 Å². The number of nitrogens with zero attached hydrogens (tertiary/aromatic N) is 2. The number of likely N-dealkylation sites (tertiary alicyclic amines) is 1. The average Bonchev–Trinajstić information content (AvgIpc) is 3.29. The summed E-state index contributed by atoms with van der Waals surface area (Å²) in [4.78, 5) is 32.3. The van der Waals surface area contributed by atoms with Crippen LogP contribution in [0.4, 0.5) is 4.39 Å². The molecule has 0 unspecified atom stereocenters. The first-order chi connectivity index (χ1) is 15.9. The zero-order valence-corrected chi connectivity index (χ0v) is 19.0. The van der Waals surface area contributed by atoms with Gasteiger partial charge in [0.2, 0.25) is 5.91 Å². The van der Waals surface area contributed by atoms with Crippen molar-refractivity contribution in [1.82, 2.24) is 15.2 Å². The molecule has 1 aliphatic rings. The minimum Gasteiger partial charge on any atom is -0.348 e. The van der Waals surface area contributed by atoms with Crippen LogP contribution in [0.25, 0.3) is 0 Å². The lowest BCUT2D eigenvalue weighted by Gasteiger charge is -2.25. The van der Waals surface area contributed by atoms with Gasteiger partial charge in [-0.3, -0.25) is 14.6 Å². The second kappa shape index (κ2) is 9.94. The maximum absolute atomic E-state index is 13.1. The summed E-state index contributed by atoms with van der Waals surface area (Å²) in [6.45, 7) is 4.86. The van der Waals surface area contributed by atoms with E-state index in [-0.39, 0.29) is 23.7 Å². The molecule has 5 nitrogen and oxygen atoms in total. The van der Waals surface area contributed by atoms with Crippen molar-refractivity contribution in [2.75, 3.05) is 6.54 Å². The molecule has 1 aliphatic heterocycles. The van der Waals surface area contributed by atoms with Crippen LogP contribution in [0.2, 0.25) is 0 Å². The van der Waals surface area contributed by atoms with Crippen LogP contribution in [0.15, 0.2) is 60.7 Å². The van der Waals surface area contributed by atoms with Crippen molar-refractivity contribution in [2.24, 2.45) is 0 Å². The second-order valence-electron chi connectivity index (χ2n) is 8.59. The molecule has 1 atom stereocenters. The van der Waals surface area contributed by atoms with Crippen molar-refractivity contribution < 1.29 is 14.0 Å². The summed E-state index contributed by atoms with van der Waals surface area (Å²) in [6, 6.07) is 17.6. The normalized spacial score (nSPS) is 15.5. The van der Waals surface area contributed by atoms with Gasteiger partial charge < -0.3 is 10.2 Å². The highest BCUT2D eigenvalue weighted by Gasteiger charge is 2.31. The number of carbonyl (C=O) groups is 2. The van der Waals surface area contributed by atoms with Crippen LogP contribution < -0.4 is 5.32 Å². The van der Waals surface area contributed by atoms with E-state index in [0.717, 1.165) is 41.8 Å². The van der Waals surface area contributed by atoms with Crippen molar-refractivity contribution in [2.45, 2.75) is 45.7 Å². The SMILES string of the molecule is Cc1cccc(CC(=O)N2CCC[C@H]2c2ccc(C(=O)NCc3ccc(F)cc3)c(C)n2)c1. The monoisotopic (exact) mass is 445 g/mol. The second-order valence-corrected chi connectivity index (χ2v) is 8.59. The van der Waals surface area contributed by atoms with E-state index in [2.05, 4.69) is 5.32 Å². The maximum atomic E-state index is 13.1. The first-order valence-electron chi connectivity index (χ1n) is 11.3. The third-order valence-electron chi connectivity index (χ3n) is 6.07. The quantitative estimate of drug-likeness (QED) is 0.600. The molecular formula is C27H28FN3O2. The highest BCUT2D eigenvalue weighted by atomic mass is 19.1. The molecule has 1 saturated heterocycles. The number of hydrogen-bond donors (Lipinski definition) is 1. The van der Waals surface area contributed by atoms with Crippen LogP contribution in [0.1, 0.15) is 57.3 Å².